The van der Waals surface area contributed by atoms with Crippen LogP contribution in [0.2, 0.25) is 0 Å². The van der Waals surface area contributed by atoms with E-state index in [4.69, 9.17) is 9.15 Å². The van der Waals surface area contributed by atoms with Gasteiger partial charge in [0.2, 0.25) is 0 Å². The predicted octanol–water partition coefficient (Wildman–Crippen LogP) is 2.12. The zero-order valence-electron chi connectivity index (χ0n) is 10.3. The summed E-state index contributed by atoms with van der Waals surface area (Å²) in [6, 6.07) is 3.61. The molecule has 5 heteroatoms. The van der Waals surface area contributed by atoms with Crippen molar-refractivity contribution in [2.75, 3.05) is 6.61 Å². The van der Waals surface area contributed by atoms with E-state index in [1.165, 1.54) is 6.21 Å². The van der Waals surface area contributed by atoms with Gasteiger partial charge in [0.05, 0.1) is 12.0 Å². The minimum Gasteiger partial charge on any atom is -0.488 e. The molecule has 5 nitrogen and oxygen atoms in total. The Morgan fingerprint density at radius 2 is 2.50 bits per heavy atom. The van der Waals surface area contributed by atoms with Crippen molar-refractivity contribution in [3.8, 4) is 0 Å². The number of allylic oxidation sites excluding steroid dienone is 2. The summed E-state index contributed by atoms with van der Waals surface area (Å²) in [5.74, 6) is 2.03. The Balaban J connectivity index is 1.69. The third kappa shape index (κ3) is 3.76. The molecular formula is C13H16N2O3. The third-order valence-electron chi connectivity index (χ3n) is 2.53. The molecule has 1 aliphatic carbocycles. The van der Waals surface area contributed by atoms with Gasteiger partial charge in [-0.3, -0.25) is 4.79 Å². The fourth-order valence-electron chi connectivity index (χ4n) is 1.65. The number of aryl methyl sites for hydroxylation is 1. The van der Waals surface area contributed by atoms with Crippen LogP contribution in [0.25, 0.3) is 0 Å². The zero-order valence-corrected chi connectivity index (χ0v) is 10.3. The van der Waals surface area contributed by atoms with E-state index >= 15 is 0 Å². The van der Waals surface area contributed by atoms with E-state index in [0.29, 0.717) is 5.76 Å². The predicted molar refractivity (Wildman–Crippen MR) is 67.1 cm³/mol. The quantitative estimate of drug-likeness (QED) is 0.641. The molecule has 1 aromatic heterocycles. The molecule has 96 valence electrons. The molecule has 0 radical (unpaired) electrons. The number of nitrogens with one attached hydrogen (secondary N) is 1. The molecule has 0 aromatic carbocycles. The molecule has 18 heavy (non-hydrogen) atoms. The van der Waals surface area contributed by atoms with Gasteiger partial charge in [-0.1, -0.05) is 0 Å². The molecule has 0 saturated heterocycles. The Kier molecular flexibility index (Phi) is 4.17. The Hall–Kier alpha value is -2.04. The van der Waals surface area contributed by atoms with Crippen LogP contribution in [0.15, 0.2) is 33.5 Å². The minimum absolute atomic E-state index is 0.000353. The maximum atomic E-state index is 11.4. The molecule has 1 aromatic rings. The number of hydrogen-bond donors (Lipinski definition) is 1. The topological polar surface area (TPSA) is 63.8 Å². The molecule has 0 unspecified atom stereocenters. The van der Waals surface area contributed by atoms with Gasteiger partial charge >= 0.3 is 0 Å². The highest BCUT2D eigenvalue weighted by Gasteiger charge is 2.07. The first kappa shape index (κ1) is 12.4. The Labute approximate surface area is 106 Å². The maximum Gasteiger partial charge on any atom is 0.277 e. The van der Waals surface area contributed by atoms with Gasteiger partial charge in [0, 0.05) is 6.42 Å². The lowest BCUT2D eigenvalue weighted by Gasteiger charge is -2.04. The van der Waals surface area contributed by atoms with E-state index in [1.54, 1.807) is 6.07 Å². The van der Waals surface area contributed by atoms with Gasteiger partial charge in [-0.25, -0.2) is 5.43 Å². The Morgan fingerprint density at radius 3 is 3.17 bits per heavy atom. The second-order valence-electron chi connectivity index (χ2n) is 4.09. The van der Waals surface area contributed by atoms with Crippen molar-refractivity contribution in [3.05, 3.63) is 35.5 Å². The van der Waals surface area contributed by atoms with Crippen LogP contribution < -0.4 is 5.43 Å². The lowest BCUT2D eigenvalue weighted by atomic mass is 10.4. The number of furan rings is 1. The fraction of sp³-hybridized carbons (Fsp3) is 0.385. The summed E-state index contributed by atoms with van der Waals surface area (Å²) in [6.45, 7) is 1.85. The van der Waals surface area contributed by atoms with Gasteiger partial charge in [-0.15, -0.1) is 0 Å². The molecule has 1 aliphatic rings. The molecule has 0 spiro atoms. The van der Waals surface area contributed by atoms with Crippen LogP contribution in [0.3, 0.4) is 0 Å². The first-order chi connectivity index (χ1) is 8.74. The van der Waals surface area contributed by atoms with Gasteiger partial charge in [0.1, 0.15) is 11.5 Å². The van der Waals surface area contributed by atoms with Gasteiger partial charge in [-0.05, 0) is 38.0 Å². The first-order valence-electron chi connectivity index (χ1n) is 5.94. The second kappa shape index (κ2) is 6.05. The van der Waals surface area contributed by atoms with Crippen LogP contribution in [0.5, 0.6) is 0 Å². The molecule has 0 saturated carbocycles. The van der Waals surface area contributed by atoms with Crippen molar-refractivity contribution in [3.63, 3.8) is 0 Å². The maximum absolute atomic E-state index is 11.4. The smallest absolute Gasteiger partial charge is 0.277 e. The van der Waals surface area contributed by atoms with Crippen molar-refractivity contribution in [1.82, 2.24) is 5.43 Å². The molecule has 0 bridgehead atoms. The monoisotopic (exact) mass is 248 g/mol. The standard InChI is InChI=1S/C13H16N2O3/c1-10-6-7-12(18-10)8-14-15-13(16)9-17-11-4-2-3-5-11/h4,6-8H,2-3,5,9H2,1H3,(H,15,16)/b14-8+. The molecular weight excluding hydrogens is 232 g/mol. The fourth-order valence-corrected chi connectivity index (χ4v) is 1.65. The number of rotatable bonds is 5. The lowest BCUT2D eigenvalue weighted by molar-refractivity contribution is -0.124. The number of carbonyl (C=O) groups is 1. The molecule has 0 aliphatic heterocycles. The van der Waals surface area contributed by atoms with Gasteiger partial charge in [-0.2, -0.15) is 5.10 Å². The van der Waals surface area contributed by atoms with Gasteiger partial charge in [0.15, 0.2) is 6.61 Å². The third-order valence-corrected chi connectivity index (χ3v) is 2.53. The molecule has 1 amide bonds. The number of carbonyl (C=O) groups excluding carboxylic acids is 1. The molecule has 0 atom stereocenters. The number of nitrogens with zero attached hydrogens (tertiary/aromatic N) is 1. The Bertz CT molecular complexity index is 474. The molecule has 1 N–H and O–H groups in total. The zero-order chi connectivity index (χ0) is 12.8. The van der Waals surface area contributed by atoms with E-state index in [2.05, 4.69) is 10.5 Å². The largest absolute Gasteiger partial charge is 0.488 e. The molecule has 1 heterocycles. The van der Waals surface area contributed by atoms with Crippen molar-refractivity contribution in [2.45, 2.75) is 26.2 Å². The Morgan fingerprint density at radius 1 is 1.61 bits per heavy atom. The molecule has 0 fully saturated rings. The van der Waals surface area contributed by atoms with Gasteiger partial charge < -0.3 is 9.15 Å². The van der Waals surface area contributed by atoms with E-state index in [-0.39, 0.29) is 12.5 Å². The van der Waals surface area contributed by atoms with E-state index in [1.807, 2.05) is 19.1 Å². The highest BCUT2D eigenvalue weighted by molar-refractivity contribution is 5.81. The highest BCUT2D eigenvalue weighted by atomic mass is 16.5. The van der Waals surface area contributed by atoms with Crippen LogP contribution in [0.1, 0.15) is 30.8 Å². The average molecular weight is 248 g/mol. The number of hydrogen-bond acceptors (Lipinski definition) is 4. The van der Waals surface area contributed by atoms with Crippen molar-refractivity contribution >= 4 is 12.1 Å². The van der Waals surface area contributed by atoms with Crippen molar-refractivity contribution in [1.29, 1.82) is 0 Å². The summed E-state index contributed by atoms with van der Waals surface area (Å²) in [6.07, 6.45) is 6.53. The summed E-state index contributed by atoms with van der Waals surface area (Å²) < 4.78 is 10.6. The number of ether oxygens (including phenoxy) is 1. The summed E-state index contributed by atoms with van der Waals surface area (Å²) in [5, 5.41) is 3.78. The summed E-state index contributed by atoms with van der Waals surface area (Å²) in [4.78, 5) is 11.4. The van der Waals surface area contributed by atoms with Crippen LogP contribution in [0.4, 0.5) is 0 Å². The average Bonchev–Trinajstić information content (AvgIpc) is 2.98. The van der Waals surface area contributed by atoms with E-state index in [0.717, 1.165) is 30.8 Å². The van der Waals surface area contributed by atoms with Gasteiger partial charge in [0.25, 0.3) is 5.91 Å². The van der Waals surface area contributed by atoms with Crippen LogP contribution in [-0.4, -0.2) is 18.7 Å². The number of amides is 1. The van der Waals surface area contributed by atoms with Crippen LogP contribution in [0, 0.1) is 6.92 Å². The minimum atomic E-state index is -0.276. The normalized spacial score (nSPS) is 14.8. The summed E-state index contributed by atoms with van der Waals surface area (Å²) in [7, 11) is 0. The highest BCUT2D eigenvalue weighted by Crippen LogP contribution is 2.17. The molecule has 2 rings (SSSR count). The van der Waals surface area contributed by atoms with E-state index < -0.39 is 0 Å². The van der Waals surface area contributed by atoms with Crippen LogP contribution >= 0.6 is 0 Å². The lowest BCUT2D eigenvalue weighted by Crippen LogP contribution is -2.22. The van der Waals surface area contributed by atoms with Crippen LogP contribution in [-0.2, 0) is 9.53 Å². The SMILES string of the molecule is Cc1ccc(/C=N/NC(=O)COC2=CCCC2)o1. The summed E-state index contributed by atoms with van der Waals surface area (Å²) >= 11 is 0. The first-order valence-corrected chi connectivity index (χ1v) is 5.94. The second-order valence-corrected chi connectivity index (χ2v) is 4.09. The van der Waals surface area contributed by atoms with E-state index in [9.17, 15) is 4.79 Å². The van der Waals surface area contributed by atoms with Crippen molar-refractivity contribution < 1.29 is 13.9 Å². The van der Waals surface area contributed by atoms with Crippen molar-refractivity contribution in [2.24, 2.45) is 5.10 Å². The number of hydrazone groups is 1. The summed E-state index contributed by atoms with van der Waals surface area (Å²) in [5.41, 5.74) is 2.38.